The summed E-state index contributed by atoms with van der Waals surface area (Å²) in [5.74, 6) is 1.18. The molecule has 1 aromatic carbocycles. The monoisotopic (exact) mass is 543 g/mol. The molecule has 0 unspecified atom stereocenters. The first-order chi connectivity index (χ1) is 16.4. The third-order valence-corrected chi connectivity index (χ3v) is 8.00. The Balaban J connectivity index is 1.96. The lowest BCUT2D eigenvalue weighted by atomic mass is 9.63. The van der Waals surface area contributed by atoms with E-state index in [0.717, 1.165) is 51.8 Å². The van der Waals surface area contributed by atoms with E-state index in [1.165, 1.54) is 0 Å². The SMILES string of the molecule is CCCOc1cc(Br)c(C2C3=C(CC(C)(C)CC3=O)N(C)C3=C2C(=O)CC(C)(C)C3)cc1OCC. The van der Waals surface area contributed by atoms with Crippen LogP contribution in [0.1, 0.15) is 85.1 Å². The predicted octanol–water partition coefficient (Wildman–Crippen LogP) is 6.95. The Hall–Kier alpha value is -2.08. The smallest absolute Gasteiger partial charge is 0.162 e. The van der Waals surface area contributed by atoms with Crippen LogP contribution in [0.25, 0.3) is 0 Å². The number of hydrogen-bond acceptors (Lipinski definition) is 5. The fourth-order valence-corrected chi connectivity index (χ4v) is 6.39. The van der Waals surface area contributed by atoms with Crippen LogP contribution in [-0.4, -0.2) is 36.7 Å². The molecule has 0 fully saturated rings. The lowest BCUT2D eigenvalue weighted by molar-refractivity contribution is -0.119. The molecule has 0 saturated heterocycles. The van der Waals surface area contributed by atoms with Gasteiger partial charge in [-0.25, -0.2) is 0 Å². The first-order valence-corrected chi connectivity index (χ1v) is 13.5. The number of ether oxygens (including phenoxy) is 2. The maximum atomic E-state index is 13.7. The van der Waals surface area contributed by atoms with Crippen molar-refractivity contribution >= 4 is 27.5 Å². The first kappa shape index (κ1) is 26.0. The standard InChI is InChI=1S/C29H38BrNO4/c1-8-10-35-24-12-18(30)17(11-23(24)34-9-2)25-26-19(13-28(3,4)15-21(26)32)31(7)20-14-29(5,6)16-22(33)27(20)25/h11-12,25H,8-10,13-16H2,1-7H3. The third kappa shape index (κ3) is 4.83. The van der Waals surface area contributed by atoms with Gasteiger partial charge >= 0.3 is 0 Å². The minimum absolute atomic E-state index is 0.119. The van der Waals surface area contributed by atoms with Crippen molar-refractivity contribution in [3.63, 3.8) is 0 Å². The van der Waals surface area contributed by atoms with Gasteiger partial charge in [-0.3, -0.25) is 9.59 Å². The highest BCUT2D eigenvalue weighted by atomic mass is 79.9. The molecule has 0 amide bonds. The molecule has 190 valence electrons. The first-order valence-electron chi connectivity index (χ1n) is 12.7. The van der Waals surface area contributed by atoms with Crippen LogP contribution in [0.2, 0.25) is 0 Å². The number of allylic oxidation sites excluding steroid dienone is 4. The van der Waals surface area contributed by atoms with Crippen molar-refractivity contribution < 1.29 is 19.1 Å². The Kier molecular flexibility index (Phi) is 7.00. The Morgan fingerprint density at radius 3 is 1.89 bits per heavy atom. The van der Waals surface area contributed by atoms with Gasteiger partial charge in [0.2, 0.25) is 0 Å². The number of carbonyl (C=O) groups is 2. The van der Waals surface area contributed by atoms with Crippen molar-refractivity contribution in [1.29, 1.82) is 0 Å². The molecular formula is C29H38BrNO4. The number of ketones is 2. The van der Waals surface area contributed by atoms with Crippen LogP contribution in [0.4, 0.5) is 0 Å². The van der Waals surface area contributed by atoms with E-state index in [1.807, 2.05) is 26.1 Å². The second-order valence-corrected chi connectivity index (χ2v) is 12.6. The molecule has 0 spiro atoms. The minimum atomic E-state index is -0.405. The number of nitrogens with zero attached hydrogens (tertiary/aromatic N) is 1. The molecule has 0 N–H and O–H groups in total. The summed E-state index contributed by atoms with van der Waals surface area (Å²) < 4.78 is 12.8. The second-order valence-electron chi connectivity index (χ2n) is 11.7. The van der Waals surface area contributed by atoms with E-state index < -0.39 is 5.92 Å². The number of rotatable bonds is 6. The Morgan fingerprint density at radius 2 is 1.40 bits per heavy atom. The highest BCUT2D eigenvalue weighted by Crippen LogP contribution is 2.55. The van der Waals surface area contributed by atoms with Gasteiger partial charge in [0, 0.05) is 52.8 Å². The molecule has 6 heteroatoms. The quantitative estimate of drug-likeness (QED) is 0.388. The molecule has 5 nitrogen and oxygen atoms in total. The molecule has 1 aromatic rings. The molecule has 0 radical (unpaired) electrons. The number of benzene rings is 1. The van der Waals surface area contributed by atoms with E-state index in [1.54, 1.807) is 0 Å². The molecule has 1 aliphatic heterocycles. The maximum Gasteiger partial charge on any atom is 0.162 e. The lowest BCUT2D eigenvalue weighted by Crippen LogP contribution is -2.43. The number of hydrogen-bond donors (Lipinski definition) is 0. The minimum Gasteiger partial charge on any atom is -0.490 e. The fraction of sp³-hybridized carbons (Fsp3) is 0.586. The summed E-state index contributed by atoms with van der Waals surface area (Å²) in [5, 5.41) is 0. The molecule has 0 aromatic heterocycles. The maximum absolute atomic E-state index is 13.7. The summed E-state index contributed by atoms with van der Waals surface area (Å²) in [5.41, 5.74) is 4.30. The van der Waals surface area contributed by atoms with Crippen molar-refractivity contribution in [1.82, 2.24) is 4.90 Å². The van der Waals surface area contributed by atoms with Crippen LogP contribution in [0, 0.1) is 10.8 Å². The van der Waals surface area contributed by atoms with Gasteiger partial charge in [-0.1, -0.05) is 50.5 Å². The summed E-state index contributed by atoms with van der Waals surface area (Å²) in [4.78, 5) is 29.6. The van der Waals surface area contributed by atoms with E-state index in [2.05, 4.69) is 55.4 Å². The molecule has 0 saturated carbocycles. The van der Waals surface area contributed by atoms with Crippen molar-refractivity contribution in [2.24, 2.45) is 10.8 Å². The molecule has 0 bridgehead atoms. The normalized spacial score (nSPS) is 21.8. The van der Waals surface area contributed by atoms with E-state index in [4.69, 9.17) is 9.47 Å². The largest absolute Gasteiger partial charge is 0.490 e. The highest BCUT2D eigenvalue weighted by molar-refractivity contribution is 9.10. The molecule has 4 rings (SSSR count). The van der Waals surface area contributed by atoms with Gasteiger partial charge < -0.3 is 14.4 Å². The zero-order valence-electron chi connectivity index (χ0n) is 22.1. The topological polar surface area (TPSA) is 55.8 Å². The molecule has 35 heavy (non-hydrogen) atoms. The molecule has 3 aliphatic rings. The summed E-state index contributed by atoms with van der Waals surface area (Å²) in [6.45, 7) is 13.7. The third-order valence-electron chi connectivity index (χ3n) is 7.32. The fourth-order valence-electron chi connectivity index (χ4n) is 5.84. The zero-order valence-corrected chi connectivity index (χ0v) is 23.7. The van der Waals surface area contributed by atoms with Crippen LogP contribution >= 0.6 is 15.9 Å². The number of halogens is 1. The van der Waals surface area contributed by atoms with Crippen molar-refractivity contribution in [2.45, 2.75) is 79.6 Å². The average molecular weight is 545 g/mol. The van der Waals surface area contributed by atoms with Crippen molar-refractivity contribution in [2.75, 3.05) is 20.3 Å². The molecule has 0 atom stereocenters. The zero-order chi connectivity index (χ0) is 25.7. The summed E-state index contributed by atoms with van der Waals surface area (Å²) in [6, 6.07) is 3.91. The predicted molar refractivity (Wildman–Crippen MR) is 142 cm³/mol. The van der Waals surface area contributed by atoms with Gasteiger partial charge in [0.05, 0.1) is 13.2 Å². The van der Waals surface area contributed by atoms with E-state index in [9.17, 15) is 9.59 Å². The summed E-state index contributed by atoms with van der Waals surface area (Å²) in [7, 11) is 2.03. The summed E-state index contributed by atoms with van der Waals surface area (Å²) >= 11 is 3.78. The van der Waals surface area contributed by atoms with Crippen LogP contribution in [0.3, 0.4) is 0 Å². The van der Waals surface area contributed by atoms with Crippen LogP contribution in [0.15, 0.2) is 39.1 Å². The lowest BCUT2D eigenvalue weighted by Gasteiger charge is -2.48. The van der Waals surface area contributed by atoms with E-state index in [0.29, 0.717) is 37.6 Å². The average Bonchev–Trinajstić information content (AvgIpc) is 2.74. The highest BCUT2D eigenvalue weighted by Gasteiger charge is 2.48. The van der Waals surface area contributed by atoms with Crippen LogP contribution in [-0.2, 0) is 9.59 Å². The summed E-state index contributed by atoms with van der Waals surface area (Å²) in [6.07, 6.45) is 3.46. The van der Waals surface area contributed by atoms with Crippen LogP contribution < -0.4 is 9.47 Å². The van der Waals surface area contributed by atoms with Gasteiger partial charge in [0.25, 0.3) is 0 Å². The van der Waals surface area contributed by atoms with Gasteiger partial charge in [-0.15, -0.1) is 0 Å². The molecule has 1 heterocycles. The Labute approximate surface area is 218 Å². The van der Waals surface area contributed by atoms with Gasteiger partial charge in [0.1, 0.15) is 0 Å². The molecule has 2 aliphatic carbocycles. The second kappa shape index (κ2) is 9.42. The van der Waals surface area contributed by atoms with Crippen molar-refractivity contribution in [3.8, 4) is 11.5 Å². The van der Waals surface area contributed by atoms with Crippen molar-refractivity contribution in [3.05, 3.63) is 44.7 Å². The van der Waals surface area contributed by atoms with E-state index >= 15 is 0 Å². The molecular weight excluding hydrogens is 506 g/mol. The number of carbonyl (C=O) groups excluding carboxylic acids is 2. The Morgan fingerprint density at radius 1 is 0.886 bits per heavy atom. The van der Waals surface area contributed by atoms with E-state index in [-0.39, 0.29) is 22.4 Å². The number of Topliss-reactive ketones (excluding diaryl/α,β-unsaturated/α-hetero) is 2. The van der Waals surface area contributed by atoms with Gasteiger partial charge in [-0.05, 0) is 54.7 Å². The van der Waals surface area contributed by atoms with Gasteiger partial charge in [0.15, 0.2) is 23.1 Å². The van der Waals surface area contributed by atoms with Gasteiger partial charge in [-0.2, -0.15) is 0 Å². The Bertz CT molecular complexity index is 1070. The van der Waals surface area contributed by atoms with Crippen LogP contribution in [0.5, 0.6) is 11.5 Å².